The molecule has 104 valence electrons. The second kappa shape index (κ2) is 5.08. The molecule has 0 N–H and O–H groups in total. The third-order valence-corrected chi connectivity index (χ3v) is 4.11. The van der Waals surface area contributed by atoms with E-state index in [4.69, 9.17) is 9.97 Å². The third-order valence-electron chi connectivity index (χ3n) is 4.11. The first-order valence-electron chi connectivity index (χ1n) is 7.46. The van der Waals surface area contributed by atoms with Crippen molar-refractivity contribution in [2.24, 2.45) is 0 Å². The molecule has 3 rings (SSSR count). The quantitative estimate of drug-likeness (QED) is 0.834. The Morgan fingerprint density at radius 2 is 1.79 bits per heavy atom. The molecule has 4 heteroatoms. The molecule has 0 amide bonds. The van der Waals surface area contributed by atoms with Crippen LogP contribution in [0.15, 0.2) is 6.07 Å². The fourth-order valence-electron chi connectivity index (χ4n) is 2.49. The van der Waals surface area contributed by atoms with Gasteiger partial charge in [0.25, 0.3) is 0 Å². The van der Waals surface area contributed by atoms with Gasteiger partial charge in [0.2, 0.25) is 0 Å². The average Bonchev–Trinajstić information content (AvgIpc) is 3.23. The minimum Gasteiger partial charge on any atom is -0.354 e. The number of nitrogens with zero attached hydrogens (tertiary/aromatic N) is 4. The van der Waals surface area contributed by atoms with E-state index in [-0.39, 0.29) is 0 Å². The molecule has 2 fully saturated rings. The van der Waals surface area contributed by atoms with Crippen LogP contribution < -0.4 is 4.90 Å². The van der Waals surface area contributed by atoms with Gasteiger partial charge in [-0.25, -0.2) is 9.97 Å². The minimum atomic E-state index is 0.478. The van der Waals surface area contributed by atoms with E-state index in [0.717, 1.165) is 37.8 Å². The van der Waals surface area contributed by atoms with Crippen molar-refractivity contribution in [1.82, 2.24) is 14.9 Å². The van der Waals surface area contributed by atoms with Crippen molar-refractivity contribution < 1.29 is 0 Å². The van der Waals surface area contributed by atoms with E-state index in [1.165, 1.54) is 18.5 Å². The summed E-state index contributed by atoms with van der Waals surface area (Å²) in [6.07, 6.45) is 2.54. The zero-order valence-electron chi connectivity index (χ0n) is 12.3. The van der Waals surface area contributed by atoms with E-state index >= 15 is 0 Å². The minimum absolute atomic E-state index is 0.478. The van der Waals surface area contributed by atoms with Crippen molar-refractivity contribution in [3.63, 3.8) is 0 Å². The normalized spacial score (nSPS) is 21.2. The van der Waals surface area contributed by atoms with Crippen molar-refractivity contribution in [3.8, 4) is 0 Å². The maximum Gasteiger partial charge on any atom is 0.134 e. The first-order chi connectivity index (χ1) is 9.13. The zero-order valence-corrected chi connectivity index (χ0v) is 12.3. The van der Waals surface area contributed by atoms with Crippen molar-refractivity contribution >= 4 is 5.82 Å². The van der Waals surface area contributed by atoms with E-state index in [2.05, 4.69) is 36.8 Å². The molecule has 19 heavy (non-hydrogen) atoms. The summed E-state index contributed by atoms with van der Waals surface area (Å²) in [5.74, 6) is 3.34. The SMILES string of the molecule is CC(C)c1cc(N2CCN(C)CC2)nc(C2CC2)n1. The Morgan fingerprint density at radius 1 is 1.11 bits per heavy atom. The molecule has 1 saturated carbocycles. The van der Waals surface area contributed by atoms with Crippen molar-refractivity contribution in [2.45, 2.75) is 38.5 Å². The van der Waals surface area contributed by atoms with Gasteiger partial charge < -0.3 is 9.80 Å². The monoisotopic (exact) mass is 260 g/mol. The summed E-state index contributed by atoms with van der Waals surface area (Å²) < 4.78 is 0. The summed E-state index contributed by atoms with van der Waals surface area (Å²) in [6, 6.07) is 2.20. The lowest BCUT2D eigenvalue weighted by atomic mass is 10.1. The lowest BCUT2D eigenvalue weighted by molar-refractivity contribution is 0.312. The fraction of sp³-hybridized carbons (Fsp3) is 0.733. The number of likely N-dealkylation sites (N-methyl/N-ethyl adjacent to an activating group) is 1. The van der Waals surface area contributed by atoms with Crippen LogP contribution in [0.3, 0.4) is 0 Å². The molecule has 4 nitrogen and oxygen atoms in total. The van der Waals surface area contributed by atoms with Gasteiger partial charge in [-0.2, -0.15) is 0 Å². The molecule has 1 aliphatic carbocycles. The standard InChI is InChI=1S/C15H24N4/c1-11(2)13-10-14(17-15(16-13)12-4-5-12)19-8-6-18(3)7-9-19/h10-12H,4-9H2,1-3H3. The summed E-state index contributed by atoms with van der Waals surface area (Å²) in [6.45, 7) is 8.84. The van der Waals surface area contributed by atoms with Gasteiger partial charge in [-0.3, -0.25) is 0 Å². The first-order valence-corrected chi connectivity index (χ1v) is 7.46. The predicted octanol–water partition coefficient (Wildman–Crippen LogP) is 2.23. The average molecular weight is 260 g/mol. The lowest BCUT2D eigenvalue weighted by Gasteiger charge is -2.33. The highest BCUT2D eigenvalue weighted by Crippen LogP contribution is 2.39. The molecule has 0 aromatic carbocycles. The highest BCUT2D eigenvalue weighted by Gasteiger charge is 2.28. The Morgan fingerprint density at radius 3 is 2.37 bits per heavy atom. The summed E-state index contributed by atoms with van der Waals surface area (Å²) in [4.78, 5) is 14.4. The van der Waals surface area contributed by atoms with Crippen LogP contribution in [0.25, 0.3) is 0 Å². The summed E-state index contributed by atoms with van der Waals surface area (Å²) in [5.41, 5.74) is 1.20. The Bertz CT molecular complexity index is 425. The molecule has 0 spiro atoms. The number of piperazine rings is 1. The van der Waals surface area contributed by atoms with E-state index in [0.29, 0.717) is 11.8 Å². The van der Waals surface area contributed by atoms with Gasteiger partial charge in [0.1, 0.15) is 11.6 Å². The Labute approximate surface area is 115 Å². The Hall–Kier alpha value is -1.16. The third kappa shape index (κ3) is 2.89. The zero-order chi connectivity index (χ0) is 13.4. The van der Waals surface area contributed by atoms with E-state index in [1.54, 1.807) is 0 Å². The smallest absolute Gasteiger partial charge is 0.134 e. The second-order valence-electron chi connectivity index (χ2n) is 6.23. The molecule has 1 aromatic rings. The van der Waals surface area contributed by atoms with Crippen LogP contribution in [-0.4, -0.2) is 48.1 Å². The van der Waals surface area contributed by atoms with Gasteiger partial charge in [0, 0.05) is 43.9 Å². The van der Waals surface area contributed by atoms with Crippen LogP contribution in [-0.2, 0) is 0 Å². The summed E-state index contributed by atoms with van der Waals surface area (Å²) >= 11 is 0. The van der Waals surface area contributed by atoms with Gasteiger partial charge in [-0.05, 0) is 25.8 Å². The molecule has 2 heterocycles. The van der Waals surface area contributed by atoms with Crippen LogP contribution in [0.1, 0.15) is 50.0 Å². The fourth-order valence-corrected chi connectivity index (χ4v) is 2.49. The molecule has 0 unspecified atom stereocenters. The van der Waals surface area contributed by atoms with Gasteiger partial charge in [0.15, 0.2) is 0 Å². The molecule has 1 aromatic heterocycles. The first kappa shape index (κ1) is 12.9. The number of hydrogen-bond acceptors (Lipinski definition) is 4. The number of anilines is 1. The molecule has 0 radical (unpaired) electrons. The van der Waals surface area contributed by atoms with Crippen molar-refractivity contribution in [3.05, 3.63) is 17.6 Å². The number of hydrogen-bond donors (Lipinski definition) is 0. The molecule has 0 atom stereocenters. The maximum absolute atomic E-state index is 4.82. The molecular weight excluding hydrogens is 236 g/mol. The molecular formula is C15H24N4. The maximum atomic E-state index is 4.82. The van der Waals surface area contributed by atoms with Crippen LogP contribution in [0.5, 0.6) is 0 Å². The summed E-state index contributed by atoms with van der Waals surface area (Å²) in [5, 5.41) is 0. The lowest BCUT2D eigenvalue weighted by Crippen LogP contribution is -2.45. The predicted molar refractivity (Wildman–Crippen MR) is 77.8 cm³/mol. The number of rotatable bonds is 3. The molecule has 1 aliphatic heterocycles. The Kier molecular flexibility index (Phi) is 3.44. The molecule has 1 saturated heterocycles. The molecule has 0 bridgehead atoms. The highest BCUT2D eigenvalue weighted by atomic mass is 15.3. The molecule has 2 aliphatic rings. The summed E-state index contributed by atoms with van der Waals surface area (Å²) in [7, 11) is 2.19. The van der Waals surface area contributed by atoms with Crippen LogP contribution in [0, 0.1) is 0 Å². The van der Waals surface area contributed by atoms with E-state index < -0.39 is 0 Å². The van der Waals surface area contributed by atoms with Crippen LogP contribution in [0.2, 0.25) is 0 Å². The number of aromatic nitrogens is 2. The van der Waals surface area contributed by atoms with Gasteiger partial charge in [-0.15, -0.1) is 0 Å². The largest absolute Gasteiger partial charge is 0.354 e. The van der Waals surface area contributed by atoms with Crippen LogP contribution in [0.4, 0.5) is 5.82 Å². The van der Waals surface area contributed by atoms with Crippen LogP contribution >= 0.6 is 0 Å². The van der Waals surface area contributed by atoms with E-state index in [9.17, 15) is 0 Å². The second-order valence-corrected chi connectivity index (χ2v) is 6.23. The van der Waals surface area contributed by atoms with Crippen molar-refractivity contribution in [2.75, 3.05) is 38.1 Å². The Balaban J connectivity index is 1.86. The van der Waals surface area contributed by atoms with Gasteiger partial charge in [0.05, 0.1) is 0 Å². The highest BCUT2D eigenvalue weighted by molar-refractivity contribution is 5.42. The van der Waals surface area contributed by atoms with Gasteiger partial charge >= 0.3 is 0 Å². The van der Waals surface area contributed by atoms with Crippen molar-refractivity contribution in [1.29, 1.82) is 0 Å². The van der Waals surface area contributed by atoms with E-state index in [1.807, 2.05) is 0 Å². The van der Waals surface area contributed by atoms with Gasteiger partial charge in [-0.1, -0.05) is 13.8 Å². The topological polar surface area (TPSA) is 32.3 Å².